The van der Waals surface area contributed by atoms with Gasteiger partial charge in [0.25, 0.3) is 11.6 Å². The zero-order valence-electron chi connectivity index (χ0n) is 11.5. The summed E-state index contributed by atoms with van der Waals surface area (Å²) in [5, 5.41) is 13.6. The minimum atomic E-state index is -0.462. The molecule has 5 nitrogen and oxygen atoms in total. The quantitative estimate of drug-likeness (QED) is 0.666. The lowest BCUT2D eigenvalue weighted by Crippen LogP contribution is -2.13. The summed E-state index contributed by atoms with van der Waals surface area (Å²) < 4.78 is 0.934. The van der Waals surface area contributed by atoms with Crippen molar-refractivity contribution in [1.82, 2.24) is 0 Å². The van der Waals surface area contributed by atoms with Crippen LogP contribution in [0.2, 0.25) is 0 Å². The predicted octanol–water partition coefficient (Wildman–Crippen LogP) is 4.23. The fraction of sp³-hybridized carbons (Fsp3) is 0.133. The van der Waals surface area contributed by atoms with Gasteiger partial charge in [0.15, 0.2) is 0 Å². The summed E-state index contributed by atoms with van der Waals surface area (Å²) in [5.74, 6) is -0.293. The van der Waals surface area contributed by atoms with Crippen molar-refractivity contribution in [2.75, 3.05) is 5.32 Å². The second kappa shape index (κ2) is 6.05. The second-order valence-electron chi connectivity index (χ2n) is 4.67. The van der Waals surface area contributed by atoms with Gasteiger partial charge in [-0.05, 0) is 49.7 Å². The van der Waals surface area contributed by atoms with Gasteiger partial charge in [-0.2, -0.15) is 0 Å². The number of amides is 1. The van der Waals surface area contributed by atoms with Gasteiger partial charge < -0.3 is 5.32 Å². The number of nitrogens with zero attached hydrogens (tertiary/aromatic N) is 1. The van der Waals surface area contributed by atoms with Crippen molar-refractivity contribution in [1.29, 1.82) is 0 Å². The Morgan fingerprint density at radius 2 is 1.86 bits per heavy atom. The van der Waals surface area contributed by atoms with E-state index < -0.39 is 4.92 Å². The molecule has 0 aromatic heterocycles. The standard InChI is InChI=1S/C15H13BrN2O3/c1-9-8-12(16)4-5-13(9)17-15(19)11-3-6-14(18(20)21)10(2)7-11/h3-8H,1-2H3,(H,17,19). The minimum Gasteiger partial charge on any atom is -0.322 e. The zero-order chi connectivity index (χ0) is 15.6. The van der Waals surface area contributed by atoms with E-state index in [4.69, 9.17) is 0 Å². The molecule has 0 aliphatic rings. The van der Waals surface area contributed by atoms with Crippen LogP contribution in [0.1, 0.15) is 21.5 Å². The molecule has 0 spiro atoms. The summed E-state index contributed by atoms with van der Waals surface area (Å²) in [6.45, 7) is 3.50. The molecule has 0 saturated heterocycles. The molecule has 1 amide bonds. The van der Waals surface area contributed by atoms with E-state index in [1.807, 2.05) is 19.1 Å². The van der Waals surface area contributed by atoms with Gasteiger partial charge in [0.05, 0.1) is 4.92 Å². The maximum atomic E-state index is 12.2. The molecule has 21 heavy (non-hydrogen) atoms. The number of benzene rings is 2. The Morgan fingerprint density at radius 3 is 2.43 bits per heavy atom. The molecule has 0 radical (unpaired) electrons. The predicted molar refractivity (Wildman–Crippen MR) is 84.7 cm³/mol. The van der Waals surface area contributed by atoms with Crippen molar-refractivity contribution in [3.8, 4) is 0 Å². The number of carbonyl (C=O) groups is 1. The maximum Gasteiger partial charge on any atom is 0.272 e. The Kier molecular flexibility index (Phi) is 4.37. The number of aryl methyl sites for hydroxylation is 2. The van der Waals surface area contributed by atoms with Gasteiger partial charge in [-0.1, -0.05) is 15.9 Å². The smallest absolute Gasteiger partial charge is 0.272 e. The van der Waals surface area contributed by atoms with Crippen LogP contribution in [-0.2, 0) is 0 Å². The summed E-state index contributed by atoms with van der Waals surface area (Å²) in [4.78, 5) is 22.5. The Bertz CT molecular complexity index is 729. The summed E-state index contributed by atoms with van der Waals surface area (Å²) >= 11 is 3.36. The van der Waals surface area contributed by atoms with E-state index >= 15 is 0 Å². The Hall–Kier alpha value is -2.21. The van der Waals surface area contributed by atoms with E-state index in [1.54, 1.807) is 13.0 Å². The highest BCUT2D eigenvalue weighted by Crippen LogP contribution is 2.22. The van der Waals surface area contributed by atoms with Crippen LogP contribution in [0.15, 0.2) is 40.9 Å². The molecule has 0 saturated carbocycles. The highest BCUT2D eigenvalue weighted by atomic mass is 79.9. The van der Waals surface area contributed by atoms with Gasteiger partial charge in [-0.15, -0.1) is 0 Å². The van der Waals surface area contributed by atoms with Gasteiger partial charge >= 0.3 is 0 Å². The third-order valence-electron chi connectivity index (χ3n) is 3.09. The van der Waals surface area contributed by atoms with Crippen LogP contribution in [0.25, 0.3) is 0 Å². The normalized spacial score (nSPS) is 10.2. The molecule has 108 valence electrons. The molecule has 0 heterocycles. The lowest BCUT2D eigenvalue weighted by molar-refractivity contribution is -0.385. The summed E-state index contributed by atoms with van der Waals surface area (Å²) in [6, 6.07) is 9.85. The number of nitro benzene ring substituents is 1. The summed E-state index contributed by atoms with van der Waals surface area (Å²) in [6.07, 6.45) is 0. The molecule has 0 aliphatic heterocycles. The molecule has 0 atom stereocenters. The average Bonchev–Trinajstić information content (AvgIpc) is 2.41. The highest BCUT2D eigenvalue weighted by Gasteiger charge is 2.14. The number of carbonyl (C=O) groups excluding carboxylic acids is 1. The first kappa shape index (κ1) is 15.2. The maximum absolute atomic E-state index is 12.2. The first-order valence-corrected chi connectivity index (χ1v) is 7.00. The summed E-state index contributed by atoms with van der Waals surface area (Å²) in [7, 11) is 0. The number of rotatable bonds is 3. The Labute approximate surface area is 130 Å². The Morgan fingerprint density at radius 1 is 1.14 bits per heavy atom. The van der Waals surface area contributed by atoms with E-state index in [9.17, 15) is 14.9 Å². The van der Waals surface area contributed by atoms with Crippen molar-refractivity contribution in [2.24, 2.45) is 0 Å². The number of hydrogen-bond acceptors (Lipinski definition) is 3. The molecule has 2 rings (SSSR count). The van der Waals surface area contributed by atoms with Crippen molar-refractivity contribution in [3.05, 3.63) is 67.7 Å². The van der Waals surface area contributed by atoms with E-state index in [-0.39, 0.29) is 11.6 Å². The Balaban J connectivity index is 2.24. The number of hydrogen-bond donors (Lipinski definition) is 1. The van der Waals surface area contributed by atoms with E-state index in [0.717, 1.165) is 10.0 Å². The topological polar surface area (TPSA) is 72.2 Å². The monoisotopic (exact) mass is 348 g/mol. The van der Waals surface area contributed by atoms with Gasteiger partial charge in [0.1, 0.15) is 0 Å². The fourth-order valence-electron chi connectivity index (χ4n) is 1.96. The molecule has 1 N–H and O–H groups in total. The van der Waals surface area contributed by atoms with Gasteiger partial charge in [-0.25, -0.2) is 0 Å². The second-order valence-corrected chi connectivity index (χ2v) is 5.59. The van der Waals surface area contributed by atoms with Gasteiger partial charge in [0.2, 0.25) is 0 Å². The molecule has 0 fully saturated rings. The molecule has 0 bridgehead atoms. The van der Waals surface area contributed by atoms with Gasteiger partial charge in [-0.3, -0.25) is 14.9 Å². The highest BCUT2D eigenvalue weighted by molar-refractivity contribution is 9.10. The van der Waals surface area contributed by atoms with Crippen LogP contribution in [0.4, 0.5) is 11.4 Å². The lowest BCUT2D eigenvalue weighted by Gasteiger charge is -2.09. The molecule has 2 aromatic carbocycles. The van der Waals surface area contributed by atoms with E-state index in [1.165, 1.54) is 18.2 Å². The SMILES string of the molecule is Cc1cc(Br)ccc1NC(=O)c1ccc([N+](=O)[O-])c(C)c1. The molecule has 2 aromatic rings. The van der Waals surface area contributed by atoms with E-state index in [2.05, 4.69) is 21.2 Å². The largest absolute Gasteiger partial charge is 0.322 e. The molecule has 6 heteroatoms. The first-order valence-electron chi connectivity index (χ1n) is 6.21. The number of nitrogens with one attached hydrogen (secondary N) is 1. The van der Waals surface area contributed by atoms with Crippen LogP contribution < -0.4 is 5.32 Å². The molecule has 0 aliphatic carbocycles. The minimum absolute atomic E-state index is 0.00590. The molecule has 0 unspecified atom stereocenters. The van der Waals surface area contributed by atoms with Crippen molar-refractivity contribution in [3.63, 3.8) is 0 Å². The van der Waals surface area contributed by atoms with Crippen molar-refractivity contribution in [2.45, 2.75) is 13.8 Å². The van der Waals surface area contributed by atoms with Crippen molar-refractivity contribution >= 4 is 33.2 Å². The summed E-state index contributed by atoms with van der Waals surface area (Å²) in [5.41, 5.74) is 2.49. The fourth-order valence-corrected chi connectivity index (χ4v) is 2.44. The third kappa shape index (κ3) is 3.46. The van der Waals surface area contributed by atoms with Gasteiger partial charge in [0, 0.05) is 27.4 Å². The third-order valence-corrected chi connectivity index (χ3v) is 3.59. The first-order chi connectivity index (χ1) is 9.88. The van der Waals surface area contributed by atoms with Crippen molar-refractivity contribution < 1.29 is 9.72 Å². The average molecular weight is 349 g/mol. The number of anilines is 1. The molecular formula is C15H13BrN2O3. The van der Waals surface area contributed by atoms with Crippen LogP contribution in [0, 0.1) is 24.0 Å². The van der Waals surface area contributed by atoms with Crippen LogP contribution in [0.3, 0.4) is 0 Å². The van der Waals surface area contributed by atoms with Crippen LogP contribution >= 0.6 is 15.9 Å². The molecular weight excluding hydrogens is 336 g/mol. The number of halogens is 1. The van der Waals surface area contributed by atoms with Crippen LogP contribution in [0.5, 0.6) is 0 Å². The number of nitro groups is 1. The van der Waals surface area contributed by atoms with E-state index in [0.29, 0.717) is 16.8 Å². The lowest BCUT2D eigenvalue weighted by atomic mass is 10.1. The zero-order valence-corrected chi connectivity index (χ0v) is 13.1. The van der Waals surface area contributed by atoms with Crippen LogP contribution in [-0.4, -0.2) is 10.8 Å².